The summed E-state index contributed by atoms with van der Waals surface area (Å²) < 4.78 is 0. The number of amides is 5. The van der Waals surface area contributed by atoms with Crippen LogP contribution < -0.4 is 16.4 Å². The van der Waals surface area contributed by atoms with Crippen LogP contribution in [0, 0.1) is 11.3 Å². The van der Waals surface area contributed by atoms with Crippen molar-refractivity contribution in [3.63, 3.8) is 0 Å². The summed E-state index contributed by atoms with van der Waals surface area (Å²) in [6.07, 6.45) is -0.468. The quantitative estimate of drug-likeness (QED) is 0.0798. The van der Waals surface area contributed by atoms with Crippen molar-refractivity contribution < 1.29 is 39.0 Å². The Balaban J connectivity index is 3.41. The maximum atomic E-state index is 13.4. The van der Waals surface area contributed by atoms with E-state index in [2.05, 4.69) is 10.6 Å². The van der Waals surface area contributed by atoms with Crippen molar-refractivity contribution in [1.29, 1.82) is 5.41 Å². The maximum Gasteiger partial charge on any atom is 0.346 e. The summed E-state index contributed by atoms with van der Waals surface area (Å²) in [5.74, 6) is -6.94. The molecule has 1 saturated heterocycles. The van der Waals surface area contributed by atoms with Crippen LogP contribution in [0.25, 0.3) is 0 Å². The molecule has 15 heteroatoms. The summed E-state index contributed by atoms with van der Waals surface area (Å²) >= 11 is 0. The zero-order valence-electron chi connectivity index (χ0n) is 19.4. The number of carbonyl (C=O) groups excluding carboxylic acids is 4. The van der Waals surface area contributed by atoms with Gasteiger partial charge in [0.15, 0.2) is 12.0 Å². The number of carbonyl (C=O) groups is 6. The van der Waals surface area contributed by atoms with E-state index in [0.29, 0.717) is 16.4 Å². The second-order valence-corrected chi connectivity index (χ2v) is 8.10. The van der Waals surface area contributed by atoms with Gasteiger partial charge in [0, 0.05) is 20.5 Å². The molecular formula is C19H31N7O8. The lowest BCUT2D eigenvalue weighted by molar-refractivity contribution is -0.172. The third-order valence-electron chi connectivity index (χ3n) is 5.06. The number of urea groups is 1. The molecule has 0 aromatic heterocycles. The first kappa shape index (κ1) is 28.1. The van der Waals surface area contributed by atoms with Gasteiger partial charge in [0.2, 0.25) is 5.91 Å². The first-order chi connectivity index (χ1) is 15.7. The Hall–Kier alpha value is -3.91. The summed E-state index contributed by atoms with van der Waals surface area (Å²) in [6, 6.07) is -5.46. The molecule has 0 aromatic rings. The molecule has 5 amide bonds. The lowest BCUT2D eigenvalue weighted by atomic mass is 10.0. The van der Waals surface area contributed by atoms with Crippen LogP contribution in [0.1, 0.15) is 40.0 Å². The van der Waals surface area contributed by atoms with Crippen LogP contribution >= 0.6 is 0 Å². The molecule has 0 aliphatic carbocycles. The number of carboxylic acids is 2. The molecule has 1 aliphatic rings. The zero-order valence-corrected chi connectivity index (χ0v) is 19.4. The van der Waals surface area contributed by atoms with Gasteiger partial charge in [0.1, 0.15) is 12.1 Å². The summed E-state index contributed by atoms with van der Waals surface area (Å²) in [7, 11) is 1.31. The predicted molar refractivity (Wildman–Crippen MR) is 116 cm³/mol. The van der Waals surface area contributed by atoms with Crippen LogP contribution in [0.2, 0.25) is 0 Å². The van der Waals surface area contributed by atoms with Gasteiger partial charge in [-0.05, 0) is 18.8 Å². The van der Waals surface area contributed by atoms with Gasteiger partial charge >= 0.3 is 18.0 Å². The number of nitrogens with zero attached hydrogens (tertiary/aromatic N) is 3. The van der Waals surface area contributed by atoms with Gasteiger partial charge < -0.3 is 31.5 Å². The molecule has 1 heterocycles. The molecule has 15 nitrogen and oxygen atoms in total. The van der Waals surface area contributed by atoms with Crippen molar-refractivity contribution in [1.82, 2.24) is 25.6 Å². The Morgan fingerprint density at radius 2 is 1.79 bits per heavy atom. The van der Waals surface area contributed by atoms with Gasteiger partial charge in [0.25, 0.3) is 11.8 Å². The highest BCUT2D eigenvalue weighted by molar-refractivity contribution is 6.06. The monoisotopic (exact) mass is 485 g/mol. The summed E-state index contributed by atoms with van der Waals surface area (Å²) in [5.41, 5.74) is 5.21. The number of hydrazine groups is 1. The van der Waals surface area contributed by atoms with Gasteiger partial charge in [0.05, 0.1) is 6.42 Å². The smallest absolute Gasteiger partial charge is 0.346 e. The Morgan fingerprint density at radius 3 is 2.24 bits per heavy atom. The van der Waals surface area contributed by atoms with E-state index in [0.717, 1.165) is 11.8 Å². The number of nitrogens with one attached hydrogen (secondary N) is 3. The standard InChI is InChI=1S/C19H31N7O8/c1-9(2)14(17(32)33)25(15(30)11(8-13(28)29)23-10(3)27)26-16(31)12(24(4)19(26)34)6-5-7-22-18(20)21/h9,11-12,14H,5-8H2,1-4H3,(H,23,27)(H,28,29)(H,32,33)(H4,20,21,22)/t11-,12-,14-/m0/s1. The van der Waals surface area contributed by atoms with E-state index in [-0.39, 0.29) is 18.9 Å². The minimum Gasteiger partial charge on any atom is -0.481 e. The Labute approximate surface area is 195 Å². The third-order valence-corrected chi connectivity index (χ3v) is 5.06. The Morgan fingerprint density at radius 1 is 1.21 bits per heavy atom. The molecular weight excluding hydrogens is 454 g/mol. The minimum absolute atomic E-state index is 0.115. The lowest BCUT2D eigenvalue weighted by Crippen LogP contribution is -2.63. The topological polar surface area (TPSA) is 227 Å². The van der Waals surface area contributed by atoms with Crippen LogP contribution in [0.3, 0.4) is 0 Å². The Kier molecular flexibility index (Phi) is 9.77. The molecule has 0 saturated carbocycles. The van der Waals surface area contributed by atoms with E-state index < -0.39 is 66.2 Å². The normalized spacial score (nSPS) is 17.4. The van der Waals surface area contributed by atoms with Gasteiger partial charge in [-0.2, -0.15) is 5.01 Å². The fourth-order valence-corrected chi connectivity index (χ4v) is 3.53. The van der Waals surface area contributed by atoms with Crippen LogP contribution in [0.4, 0.5) is 4.79 Å². The first-order valence-corrected chi connectivity index (χ1v) is 10.4. The number of imide groups is 1. The van der Waals surface area contributed by atoms with Crippen molar-refractivity contribution in [2.45, 2.75) is 58.2 Å². The van der Waals surface area contributed by atoms with E-state index in [1.807, 2.05) is 0 Å². The largest absolute Gasteiger partial charge is 0.481 e. The summed E-state index contributed by atoms with van der Waals surface area (Å²) in [6.45, 7) is 4.16. The zero-order chi connectivity index (χ0) is 26.3. The van der Waals surface area contributed by atoms with Crippen LogP contribution in [0.15, 0.2) is 0 Å². The first-order valence-electron chi connectivity index (χ1n) is 10.4. The van der Waals surface area contributed by atoms with E-state index in [9.17, 15) is 39.0 Å². The van der Waals surface area contributed by atoms with Gasteiger partial charge in [-0.3, -0.25) is 24.6 Å². The molecule has 0 bridgehead atoms. The molecule has 34 heavy (non-hydrogen) atoms. The van der Waals surface area contributed by atoms with E-state index >= 15 is 0 Å². The molecule has 0 radical (unpaired) electrons. The molecule has 7 N–H and O–H groups in total. The van der Waals surface area contributed by atoms with Crippen molar-refractivity contribution in [2.75, 3.05) is 13.6 Å². The maximum absolute atomic E-state index is 13.4. The van der Waals surface area contributed by atoms with Crippen molar-refractivity contribution in [2.24, 2.45) is 11.7 Å². The molecule has 3 atom stereocenters. The highest BCUT2D eigenvalue weighted by Crippen LogP contribution is 2.26. The fraction of sp³-hybridized carbons (Fsp3) is 0.632. The lowest BCUT2D eigenvalue weighted by Gasteiger charge is -2.37. The molecule has 1 aliphatic heterocycles. The number of guanidine groups is 1. The highest BCUT2D eigenvalue weighted by Gasteiger charge is 2.52. The number of likely N-dealkylation sites (N-methyl/N-ethyl adjacent to an activating group) is 1. The summed E-state index contributed by atoms with van der Waals surface area (Å²) in [5, 5.41) is 31.7. The highest BCUT2D eigenvalue weighted by atomic mass is 16.4. The summed E-state index contributed by atoms with van der Waals surface area (Å²) in [4.78, 5) is 75.5. The second kappa shape index (κ2) is 11.8. The van der Waals surface area contributed by atoms with E-state index in [1.54, 1.807) is 0 Å². The number of rotatable bonds is 12. The number of carboxylic acid groups (broad SMARTS) is 2. The third kappa shape index (κ3) is 6.79. The van der Waals surface area contributed by atoms with Crippen molar-refractivity contribution >= 4 is 41.7 Å². The number of hydrogen-bond acceptors (Lipinski definition) is 7. The van der Waals surface area contributed by atoms with Gasteiger partial charge in [-0.25, -0.2) is 14.6 Å². The predicted octanol–water partition coefficient (Wildman–Crippen LogP) is -1.66. The SMILES string of the molecule is CC(=O)N[C@@H](CC(=O)O)C(=O)N([C@H](C(=O)O)C(C)C)N1C(=O)[C@H](CCCNC(=N)N)N(C)C1=O. The van der Waals surface area contributed by atoms with Crippen LogP contribution in [0.5, 0.6) is 0 Å². The van der Waals surface area contributed by atoms with Crippen LogP contribution in [-0.4, -0.2) is 98.5 Å². The van der Waals surface area contributed by atoms with E-state index in [4.69, 9.17) is 11.1 Å². The van der Waals surface area contributed by atoms with E-state index in [1.165, 1.54) is 20.9 Å². The molecule has 0 spiro atoms. The minimum atomic E-state index is -1.72. The molecule has 1 fully saturated rings. The van der Waals surface area contributed by atoms with Crippen molar-refractivity contribution in [3.8, 4) is 0 Å². The average molecular weight is 485 g/mol. The molecule has 190 valence electrons. The van der Waals surface area contributed by atoms with Crippen molar-refractivity contribution in [3.05, 3.63) is 0 Å². The fourth-order valence-electron chi connectivity index (χ4n) is 3.53. The Bertz CT molecular complexity index is 846. The number of nitrogens with two attached hydrogens (primary N) is 1. The second-order valence-electron chi connectivity index (χ2n) is 8.10. The number of hydrogen-bond donors (Lipinski definition) is 6. The molecule has 0 aromatic carbocycles. The van der Waals surface area contributed by atoms with Gasteiger partial charge in [-0.15, -0.1) is 0 Å². The average Bonchev–Trinajstić information content (AvgIpc) is 2.89. The molecule has 0 unspecified atom stereocenters. The van der Waals surface area contributed by atoms with Crippen LogP contribution in [-0.2, 0) is 24.0 Å². The number of aliphatic carboxylic acids is 2. The molecule has 1 rings (SSSR count). The van der Waals surface area contributed by atoms with Gasteiger partial charge in [-0.1, -0.05) is 13.8 Å².